The first-order valence-electron chi connectivity index (χ1n) is 6.48. The van der Waals surface area contributed by atoms with Crippen LogP contribution in [0, 0.1) is 0 Å². The van der Waals surface area contributed by atoms with Gasteiger partial charge in [-0.15, -0.1) is 0 Å². The summed E-state index contributed by atoms with van der Waals surface area (Å²) in [6, 6.07) is 6.42. The van der Waals surface area contributed by atoms with Crippen molar-refractivity contribution in [1.29, 1.82) is 0 Å². The molecule has 0 aliphatic rings. The Balaban J connectivity index is 2.11. The van der Waals surface area contributed by atoms with Gasteiger partial charge in [0.25, 0.3) is 0 Å². The molecule has 0 radical (unpaired) electrons. The van der Waals surface area contributed by atoms with Crippen LogP contribution in [-0.2, 0) is 16.4 Å². The average molecular weight is 307 g/mol. The molecule has 0 bridgehead atoms. The zero-order chi connectivity index (χ0) is 15.3. The third-order valence-corrected chi connectivity index (χ3v) is 3.81. The first-order valence-corrected chi connectivity index (χ1v) is 8.38. The van der Waals surface area contributed by atoms with Crippen molar-refractivity contribution in [2.45, 2.75) is 18.4 Å². The molecule has 0 aliphatic heterocycles. The normalized spacial score (nSPS) is 11.3. The van der Waals surface area contributed by atoms with Crippen LogP contribution < -0.4 is 10.1 Å². The van der Waals surface area contributed by atoms with E-state index in [4.69, 9.17) is 4.74 Å². The number of hydrogen-bond acceptors (Lipinski definition) is 6. The number of sulfone groups is 1. The standard InChI is InChI=1S/C14H17N3O3S/c1-3-15-8-11-9-16-14(17-10-11)20-12-5-4-6-13(7-12)21(2,18)19/h4-7,9-10,15H,3,8H2,1-2H3. The van der Waals surface area contributed by atoms with E-state index in [1.54, 1.807) is 24.5 Å². The van der Waals surface area contributed by atoms with Crippen LogP contribution in [-0.4, -0.2) is 31.2 Å². The Morgan fingerprint density at radius 3 is 2.57 bits per heavy atom. The number of aromatic nitrogens is 2. The second-order valence-corrected chi connectivity index (χ2v) is 6.52. The molecule has 1 N–H and O–H groups in total. The van der Waals surface area contributed by atoms with Crippen LogP contribution in [0.1, 0.15) is 12.5 Å². The topological polar surface area (TPSA) is 81.2 Å². The summed E-state index contributed by atoms with van der Waals surface area (Å²) in [4.78, 5) is 8.39. The van der Waals surface area contributed by atoms with Gasteiger partial charge in [-0.05, 0) is 24.7 Å². The first-order chi connectivity index (χ1) is 9.99. The van der Waals surface area contributed by atoms with E-state index in [1.165, 1.54) is 12.1 Å². The molecule has 0 saturated heterocycles. The molecule has 1 heterocycles. The highest BCUT2D eigenvalue weighted by atomic mass is 32.2. The second kappa shape index (κ2) is 6.64. The molecule has 112 valence electrons. The minimum atomic E-state index is -3.26. The van der Waals surface area contributed by atoms with Gasteiger partial charge in [0.1, 0.15) is 5.75 Å². The Morgan fingerprint density at radius 2 is 1.95 bits per heavy atom. The Morgan fingerprint density at radius 1 is 1.24 bits per heavy atom. The van der Waals surface area contributed by atoms with Gasteiger partial charge < -0.3 is 10.1 Å². The third kappa shape index (κ3) is 4.51. The molecule has 7 heteroatoms. The maximum atomic E-state index is 11.5. The number of nitrogens with one attached hydrogen (secondary N) is 1. The first kappa shape index (κ1) is 15.4. The molecule has 2 rings (SSSR count). The summed E-state index contributed by atoms with van der Waals surface area (Å²) in [6.45, 7) is 3.59. The van der Waals surface area contributed by atoms with Crippen molar-refractivity contribution in [1.82, 2.24) is 15.3 Å². The fraction of sp³-hybridized carbons (Fsp3) is 0.286. The van der Waals surface area contributed by atoms with Crippen LogP contribution in [0.25, 0.3) is 0 Å². The van der Waals surface area contributed by atoms with Crippen molar-refractivity contribution in [3.63, 3.8) is 0 Å². The van der Waals surface area contributed by atoms with Crippen molar-refractivity contribution < 1.29 is 13.2 Å². The molecule has 1 aromatic carbocycles. The van der Waals surface area contributed by atoms with E-state index >= 15 is 0 Å². The van der Waals surface area contributed by atoms with Crippen molar-refractivity contribution in [3.05, 3.63) is 42.2 Å². The van der Waals surface area contributed by atoms with Gasteiger partial charge in [0, 0.05) is 30.8 Å². The van der Waals surface area contributed by atoms with Crippen molar-refractivity contribution in [3.8, 4) is 11.8 Å². The summed E-state index contributed by atoms with van der Waals surface area (Å²) in [5.74, 6) is 0.386. The molecular weight excluding hydrogens is 290 g/mol. The minimum Gasteiger partial charge on any atom is -0.424 e. The lowest BCUT2D eigenvalue weighted by Gasteiger charge is -2.06. The fourth-order valence-corrected chi connectivity index (χ4v) is 2.29. The minimum absolute atomic E-state index is 0.181. The number of ether oxygens (including phenoxy) is 1. The smallest absolute Gasteiger partial charge is 0.321 e. The van der Waals surface area contributed by atoms with Crippen molar-refractivity contribution >= 4 is 9.84 Å². The Kier molecular flexibility index (Phi) is 4.87. The number of hydrogen-bond donors (Lipinski definition) is 1. The molecule has 0 atom stereocenters. The molecule has 0 spiro atoms. The molecule has 21 heavy (non-hydrogen) atoms. The van der Waals surface area contributed by atoms with Gasteiger partial charge in [-0.2, -0.15) is 0 Å². The molecule has 1 aromatic heterocycles. The van der Waals surface area contributed by atoms with E-state index in [2.05, 4.69) is 15.3 Å². The molecular formula is C14H17N3O3S. The predicted octanol–water partition coefficient (Wildman–Crippen LogP) is 1.78. The highest BCUT2D eigenvalue weighted by Gasteiger charge is 2.09. The summed E-state index contributed by atoms with van der Waals surface area (Å²) in [6.07, 6.45) is 4.49. The van der Waals surface area contributed by atoms with Crippen LogP contribution in [0.3, 0.4) is 0 Å². The van der Waals surface area contributed by atoms with Gasteiger partial charge in [0.05, 0.1) is 4.90 Å². The highest BCUT2D eigenvalue weighted by molar-refractivity contribution is 7.90. The third-order valence-electron chi connectivity index (χ3n) is 2.70. The number of rotatable bonds is 6. The lowest BCUT2D eigenvalue weighted by atomic mass is 10.3. The van der Waals surface area contributed by atoms with Gasteiger partial charge in [0.15, 0.2) is 9.84 Å². The van der Waals surface area contributed by atoms with Crippen LogP contribution >= 0.6 is 0 Å². The molecule has 0 unspecified atom stereocenters. The van der Waals surface area contributed by atoms with Gasteiger partial charge in [-0.25, -0.2) is 18.4 Å². The van der Waals surface area contributed by atoms with E-state index in [-0.39, 0.29) is 10.9 Å². The van der Waals surface area contributed by atoms with E-state index in [0.29, 0.717) is 12.3 Å². The van der Waals surface area contributed by atoms with Crippen LogP contribution in [0.15, 0.2) is 41.6 Å². The Bertz CT molecular complexity index is 700. The fourth-order valence-electron chi connectivity index (χ4n) is 1.63. The zero-order valence-corrected chi connectivity index (χ0v) is 12.7. The maximum absolute atomic E-state index is 11.5. The lowest BCUT2D eigenvalue weighted by molar-refractivity contribution is 0.439. The maximum Gasteiger partial charge on any atom is 0.321 e. The van der Waals surface area contributed by atoms with Gasteiger partial charge in [0.2, 0.25) is 0 Å². The SMILES string of the molecule is CCNCc1cnc(Oc2cccc(S(C)(=O)=O)c2)nc1. The largest absolute Gasteiger partial charge is 0.424 e. The summed E-state index contributed by atoms with van der Waals surface area (Å²) >= 11 is 0. The van der Waals surface area contributed by atoms with Crippen molar-refractivity contribution in [2.75, 3.05) is 12.8 Å². The molecule has 2 aromatic rings. The average Bonchev–Trinajstić information content (AvgIpc) is 2.46. The molecule has 0 amide bonds. The quantitative estimate of drug-likeness (QED) is 0.876. The predicted molar refractivity (Wildman–Crippen MR) is 79.0 cm³/mol. The van der Waals surface area contributed by atoms with Crippen LogP contribution in [0.4, 0.5) is 0 Å². The van der Waals surface area contributed by atoms with Crippen LogP contribution in [0.2, 0.25) is 0 Å². The summed E-state index contributed by atoms with van der Waals surface area (Å²) in [7, 11) is -3.26. The van der Waals surface area contributed by atoms with E-state index in [9.17, 15) is 8.42 Å². The van der Waals surface area contributed by atoms with E-state index in [0.717, 1.165) is 18.4 Å². The molecule has 0 fully saturated rings. The number of nitrogens with zero attached hydrogens (tertiary/aromatic N) is 2. The zero-order valence-electron chi connectivity index (χ0n) is 11.9. The lowest BCUT2D eigenvalue weighted by Crippen LogP contribution is -2.12. The molecule has 0 saturated carbocycles. The van der Waals surface area contributed by atoms with Crippen molar-refractivity contribution in [2.24, 2.45) is 0 Å². The van der Waals surface area contributed by atoms with E-state index < -0.39 is 9.84 Å². The van der Waals surface area contributed by atoms with Gasteiger partial charge in [-0.1, -0.05) is 13.0 Å². The summed E-state index contributed by atoms with van der Waals surface area (Å²) < 4.78 is 28.4. The van der Waals surface area contributed by atoms with Crippen LogP contribution in [0.5, 0.6) is 11.8 Å². The van der Waals surface area contributed by atoms with Gasteiger partial charge >= 0.3 is 6.01 Å². The Labute approximate surface area is 124 Å². The number of benzene rings is 1. The highest BCUT2D eigenvalue weighted by Crippen LogP contribution is 2.21. The summed E-state index contributed by atoms with van der Waals surface area (Å²) in [5, 5.41) is 3.17. The van der Waals surface area contributed by atoms with E-state index in [1.807, 2.05) is 6.92 Å². The Hall–Kier alpha value is -1.99. The van der Waals surface area contributed by atoms with Gasteiger partial charge in [-0.3, -0.25) is 0 Å². The second-order valence-electron chi connectivity index (χ2n) is 4.50. The molecule has 6 nitrogen and oxygen atoms in total. The monoisotopic (exact) mass is 307 g/mol. The summed E-state index contributed by atoms with van der Waals surface area (Å²) in [5.41, 5.74) is 0.953. The molecule has 0 aliphatic carbocycles.